The third-order valence-corrected chi connectivity index (χ3v) is 15.5. The lowest BCUT2D eigenvalue weighted by molar-refractivity contribution is -0.139. The maximum absolute atomic E-state index is 14.0. The molecule has 8 aromatic rings. The van der Waals surface area contributed by atoms with Gasteiger partial charge in [-0.05, 0) is 115 Å². The molecule has 0 radical (unpaired) electrons. The molecule has 88 heavy (non-hydrogen) atoms. The number of anilines is 2. The number of allylic oxidation sites excluding steroid dienone is 2. The predicted molar refractivity (Wildman–Crippen MR) is 323 cm³/mol. The standard InChI is InChI=1S/C59H70N20O9/c1-6-78-45(25-34(3)70-78)55(83)66-58-64-43-28-40(51(61)81)30-47(50(43)76(58)18-8-9-19-77-54-44(29-41(31-63-54)52(62)82)65-59(77)67-56(84)46-26-35(4)71-79(46)7-2)87-24-10-17-73-20-15-39(16-21-73)53-69-68-48-32-74(22-23-75(48)53)49(80)33-88-72-36(5)38-13-11-37(12-14-38)27-42(60)57(85)86/h8-9,11-14,25-26,28-31,39,42H,6-7,10,15-24,27,32-33,60H2,1-5H3,(H2,61,81)(H2,62,82)(H,85,86)(H,64,66,83)(H,65,67,84)/b9-8+,72-36?/t42-/m0/s1. The third-order valence-electron chi connectivity index (χ3n) is 15.5. The van der Waals surface area contributed by atoms with Crippen LogP contribution in [0.15, 0.2) is 78.1 Å². The number of carbonyl (C=O) groups excluding carboxylic acids is 5. The number of carboxylic acids is 1. The van der Waals surface area contributed by atoms with Crippen molar-refractivity contribution in [1.82, 2.24) is 68.2 Å². The highest BCUT2D eigenvalue weighted by molar-refractivity contribution is 6.05. The van der Waals surface area contributed by atoms with Crippen molar-refractivity contribution in [1.29, 1.82) is 0 Å². The van der Waals surface area contributed by atoms with Gasteiger partial charge >= 0.3 is 5.97 Å². The Labute approximate surface area is 504 Å². The zero-order chi connectivity index (χ0) is 62.3. The molecule has 0 aliphatic carbocycles. The maximum Gasteiger partial charge on any atom is 0.320 e. The van der Waals surface area contributed by atoms with Gasteiger partial charge in [0.15, 0.2) is 18.1 Å². The molecule has 9 N–H and O–H groups in total. The number of primary amides is 2. The number of likely N-dealkylation sites (tertiary alicyclic amines) is 1. The summed E-state index contributed by atoms with van der Waals surface area (Å²) in [7, 11) is 0. The first-order chi connectivity index (χ1) is 42.3. The van der Waals surface area contributed by atoms with Crippen LogP contribution in [0, 0.1) is 13.8 Å². The SMILES string of the molecule is CCn1nc(C)cc1C(=O)Nc1nc2cc(C(N)=O)cnc2n1C/C=C/Cn1c(NC(=O)c2cc(C)nn2CC)nc2cc(C(N)=O)cc(OCCCN3CCC(c4nnc5n4CCN(C(=O)CON=C(C)c4ccc(C[C@H](N)C(=O)O)cc4)C5)CC3)c21. The van der Waals surface area contributed by atoms with Crippen molar-refractivity contribution in [3.63, 3.8) is 0 Å². The minimum absolute atomic E-state index is 0.133. The number of benzene rings is 2. The second-order valence-electron chi connectivity index (χ2n) is 21.6. The van der Waals surface area contributed by atoms with E-state index in [4.69, 9.17) is 36.9 Å². The highest BCUT2D eigenvalue weighted by Gasteiger charge is 2.31. The number of hydrogen-bond acceptors (Lipinski definition) is 18. The smallest absolute Gasteiger partial charge is 0.320 e. The van der Waals surface area contributed by atoms with Crippen LogP contribution < -0.4 is 32.6 Å². The fourth-order valence-electron chi connectivity index (χ4n) is 10.9. The first kappa shape index (κ1) is 60.9. The molecule has 2 aliphatic rings. The highest BCUT2D eigenvalue weighted by atomic mass is 16.6. The average molecular weight is 1200 g/mol. The van der Waals surface area contributed by atoms with Crippen molar-refractivity contribution in [2.75, 3.05) is 50.0 Å². The molecule has 1 saturated heterocycles. The number of aliphatic carboxylic acids is 1. The Morgan fingerprint density at radius 1 is 0.784 bits per heavy atom. The van der Waals surface area contributed by atoms with E-state index in [-0.39, 0.29) is 67.6 Å². The number of carbonyl (C=O) groups is 6. The van der Waals surface area contributed by atoms with Crippen molar-refractivity contribution in [3.05, 3.63) is 130 Å². The lowest BCUT2D eigenvalue weighted by atomic mass is 9.95. The number of aryl methyl sites for hydroxylation is 4. The van der Waals surface area contributed by atoms with Crippen LogP contribution in [-0.2, 0) is 60.1 Å². The van der Waals surface area contributed by atoms with E-state index in [1.54, 1.807) is 92.7 Å². The van der Waals surface area contributed by atoms with Crippen molar-refractivity contribution < 1.29 is 43.4 Å². The number of aromatic nitrogens is 12. The molecule has 2 aromatic carbocycles. The van der Waals surface area contributed by atoms with Crippen LogP contribution in [0.2, 0.25) is 0 Å². The molecule has 0 spiro atoms. The van der Waals surface area contributed by atoms with Crippen LogP contribution in [-0.4, -0.2) is 160 Å². The Hall–Kier alpha value is -10.2. The number of rotatable bonds is 25. The van der Waals surface area contributed by atoms with Crippen LogP contribution >= 0.6 is 0 Å². The molecular weight excluding hydrogens is 1130 g/mol. The molecule has 460 valence electrons. The second-order valence-corrected chi connectivity index (χ2v) is 21.6. The van der Waals surface area contributed by atoms with Gasteiger partial charge < -0.3 is 50.8 Å². The molecule has 2 aliphatic heterocycles. The van der Waals surface area contributed by atoms with Crippen molar-refractivity contribution >= 4 is 75.3 Å². The molecule has 10 rings (SSSR count). The van der Waals surface area contributed by atoms with Crippen LogP contribution in [0.3, 0.4) is 0 Å². The number of carboxylic acid groups (broad SMARTS) is 1. The molecule has 1 atom stereocenters. The topological polar surface area (TPSA) is 377 Å². The number of nitrogens with two attached hydrogens (primary N) is 3. The minimum Gasteiger partial charge on any atom is -0.491 e. The Morgan fingerprint density at radius 3 is 2.05 bits per heavy atom. The van der Waals surface area contributed by atoms with E-state index in [1.807, 2.05) is 26.0 Å². The summed E-state index contributed by atoms with van der Waals surface area (Å²) in [6.45, 7) is 14.0. The van der Waals surface area contributed by atoms with Gasteiger partial charge in [-0.15, -0.1) is 10.2 Å². The fourth-order valence-corrected chi connectivity index (χ4v) is 10.9. The number of ether oxygens (including phenoxy) is 1. The monoisotopic (exact) mass is 1200 g/mol. The molecule has 0 unspecified atom stereocenters. The van der Waals surface area contributed by atoms with E-state index in [2.05, 4.69) is 55.6 Å². The Morgan fingerprint density at radius 2 is 1.41 bits per heavy atom. The second kappa shape index (κ2) is 26.6. The van der Waals surface area contributed by atoms with Gasteiger partial charge in [0.05, 0.1) is 41.3 Å². The lowest BCUT2D eigenvalue weighted by Gasteiger charge is -2.33. The first-order valence-corrected chi connectivity index (χ1v) is 29.0. The zero-order valence-electron chi connectivity index (χ0n) is 49.6. The van der Waals surface area contributed by atoms with E-state index in [0.29, 0.717) is 101 Å². The van der Waals surface area contributed by atoms with Gasteiger partial charge in [-0.1, -0.05) is 41.6 Å². The average Bonchev–Trinajstić information content (AvgIpc) is 2.20. The van der Waals surface area contributed by atoms with Crippen LogP contribution in [0.4, 0.5) is 11.9 Å². The molecular formula is C59H70N20O9. The number of oxime groups is 1. The Balaban J connectivity index is 0.791. The zero-order valence-corrected chi connectivity index (χ0v) is 49.6. The maximum atomic E-state index is 14.0. The number of imidazole rings is 2. The number of pyridine rings is 1. The lowest BCUT2D eigenvalue weighted by Crippen LogP contribution is -2.41. The van der Waals surface area contributed by atoms with E-state index in [0.717, 1.165) is 49.4 Å². The fraction of sp³-hybridized carbons (Fsp3) is 0.390. The van der Waals surface area contributed by atoms with Crippen LogP contribution in [0.25, 0.3) is 22.2 Å². The number of fused-ring (bicyclic) bond motifs is 3. The number of nitrogens with zero attached hydrogens (tertiary/aromatic N) is 15. The summed E-state index contributed by atoms with van der Waals surface area (Å²) >= 11 is 0. The largest absolute Gasteiger partial charge is 0.491 e. The van der Waals surface area contributed by atoms with E-state index in [1.165, 1.54) is 12.3 Å². The number of hydrogen-bond donors (Lipinski definition) is 6. The van der Waals surface area contributed by atoms with E-state index < -0.39 is 35.6 Å². The number of piperidine rings is 1. The van der Waals surface area contributed by atoms with E-state index >= 15 is 0 Å². The summed E-state index contributed by atoms with van der Waals surface area (Å²) in [6.07, 6.45) is 7.57. The molecule has 0 saturated carbocycles. The molecule has 5 amide bonds. The molecule has 29 heteroatoms. The third kappa shape index (κ3) is 13.6. The summed E-state index contributed by atoms with van der Waals surface area (Å²) in [5.74, 6) is -1.11. The van der Waals surface area contributed by atoms with Crippen molar-refractivity contribution in [3.8, 4) is 5.75 Å². The number of nitrogens with one attached hydrogen (secondary N) is 2. The summed E-state index contributed by atoms with van der Waals surface area (Å²) in [4.78, 5) is 101. The molecule has 1 fully saturated rings. The van der Waals surface area contributed by atoms with Gasteiger partial charge in [-0.2, -0.15) is 10.2 Å². The van der Waals surface area contributed by atoms with E-state index in [9.17, 15) is 28.8 Å². The molecule has 6 aromatic heterocycles. The first-order valence-electron chi connectivity index (χ1n) is 29.0. The summed E-state index contributed by atoms with van der Waals surface area (Å²) < 4.78 is 15.3. The normalized spacial score (nSPS) is 14.4. The predicted octanol–water partition coefficient (Wildman–Crippen LogP) is 3.77. The quantitative estimate of drug-likeness (QED) is 0.0205. The van der Waals surface area contributed by atoms with Crippen molar-refractivity contribution in [2.45, 2.75) is 112 Å². The summed E-state index contributed by atoms with van der Waals surface area (Å²) in [5, 5.41) is 37.1. The molecule has 0 bridgehead atoms. The summed E-state index contributed by atoms with van der Waals surface area (Å²) in [5.41, 5.74) is 23.1. The highest BCUT2D eigenvalue weighted by Crippen LogP contribution is 2.33. The van der Waals surface area contributed by atoms with Crippen molar-refractivity contribution in [2.24, 2.45) is 22.4 Å². The van der Waals surface area contributed by atoms with Crippen LogP contribution in [0.5, 0.6) is 5.75 Å². The Bertz CT molecular complexity index is 4010. The van der Waals surface area contributed by atoms with Gasteiger partial charge in [0.1, 0.15) is 40.0 Å². The van der Waals surface area contributed by atoms with Crippen LogP contribution in [0.1, 0.15) is 122 Å². The van der Waals surface area contributed by atoms with Gasteiger partial charge in [0.2, 0.25) is 23.7 Å². The van der Waals surface area contributed by atoms with Gasteiger partial charge in [-0.25, -0.2) is 15.0 Å². The number of amides is 5. The minimum atomic E-state index is -1.07. The molecule has 29 nitrogen and oxygen atoms in total. The summed E-state index contributed by atoms with van der Waals surface area (Å²) in [6, 6.07) is 14.2. The Kier molecular flexibility index (Phi) is 18.4. The van der Waals surface area contributed by atoms with Gasteiger partial charge in [-0.3, -0.25) is 53.3 Å². The molecule has 8 heterocycles. The van der Waals surface area contributed by atoms with Gasteiger partial charge in [0, 0.05) is 63.5 Å². The van der Waals surface area contributed by atoms with Gasteiger partial charge in [0.25, 0.3) is 17.7 Å².